The number of nitrogens with one attached hydrogen (secondary N) is 1. The SMILES string of the molecule is CC1(c2sc(NC(=O)Cc3ccc(-c4cnc5cc(-c6ccccn6)ccn45)cc3F)nc2CN2CCOCC2)CC1. The van der Waals surface area contributed by atoms with Crippen LogP contribution in [-0.4, -0.2) is 56.5 Å². The number of nitrogens with zero attached hydrogens (tertiary/aromatic N) is 5. The number of aromatic nitrogens is 4. The highest BCUT2D eigenvalue weighted by molar-refractivity contribution is 7.16. The number of morpholine rings is 1. The van der Waals surface area contributed by atoms with Crippen LogP contribution in [0.3, 0.4) is 0 Å². The number of ether oxygens (including phenoxy) is 1. The minimum atomic E-state index is -0.430. The first kappa shape index (κ1) is 26.9. The lowest BCUT2D eigenvalue weighted by atomic mass is 10.1. The molecule has 4 aromatic heterocycles. The standard InChI is InChI=1S/C32H31FN6O2S/c1-32(8-9-32)30-26(20-38-12-14-41-15-13-38)36-31(42-30)37-29(40)18-21-5-6-23(16-24(21)33)27-19-35-28-17-22(7-11-39(27)28)25-4-2-3-10-34-25/h2-7,10-11,16-17,19H,8-9,12-15,18,20H2,1H3,(H,36,37,40). The lowest BCUT2D eigenvalue weighted by Gasteiger charge is -2.26. The van der Waals surface area contributed by atoms with E-state index in [1.54, 1.807) is 29.8 Å². The Morgan fingerprint density at radius 2 is 1.95 bits per heavy atom. The maximum absolute atomic E-state index is 15.3. The van der Waals surface area contributed by atoms with Gasteiger partial charge in [-0.15, -0.1) is 11.3 Å². The molecule has 0 unspecified atom stereocenters. The number of thiazole rings is 1. The summed E-state index contributed by atoms with van der Waals surface area (Å²) in [5, 5.41) is 3.52. The molecule has 5 heterocycles. The number of anilines is 1. The van der Waals surface area contributed by atoms with E-state index in [1.807, 2.05) is 47.0 Å². The third-order valence-corrected chi connectivity index (χ3v) is 9.46. The van der Waals surface area contributed by atoms with E-state index in [0.717, 1.165) is 74.0 Å². The fourth-order valence-electron chi connectivity index (χ4n) is 5.44. The van der Waals surface area contributed by atoms with Crippen LogP contribution in [0.1, 0.15) is 35.9 Å². The Morgan fingerprint density at radius 3 is 2.71 bits per heavy atom. The van der Waals surface area contributed by atoms with E-state index in [0.29, 0.717) is 16.3 Å². The number of imidazole rings is 1. The number of halogens is 1. The molecule has 2 aliphatic rings. The first-order valence-corrected chi connectivity index (χ1v) is 15.0. The highest BCUT2D eigenvalue weighted by Gasteiger charge is 2.43. The predicted octanol–water partition coefficient (Wildman–Crippen LogP) is 5.72. The normalized spacial score (nSPS) is 16.5. The molecule has 1 saturated heterocycles. The van der Waals surface area contributed by atoms with E-state index in [1.165, 1.54) is 10.9 Å². The molecule has 0 radical (unpaired) electrons. The van der Waals surface area contributed by atoms with Gasteiger partial charge < -0.3 is 10.1 Å². The predicted molar refractivity (Wildman–Crippen MR) is 161 cm³/mol. The Bertz CT molecular complexity index is 1760. The van der Waals surface area contributed by atoms with Gasteiger partial charge in [0.25, 0.3) is 0 Å². The number of hydrogen-bond donors (Lipinski definition) is 1. The number of fused-ring (bicyclic) bond motifs is 1. The molecule has 8 nitrogen and oxygen atoms in total. The van der Waals surface area contributed by atoms with E-state index < -0.39 is 5.82 Å². The Labute approximate surface area is 247 Å². The Morgan fingerprint density at radius 1 is 1.10 bits per heavy atom. The molecule has 1 N–H and O–H groups in total. The van der Waals surface area contributed by atoms with Crippen LogP contribution in [0.2, 0.25) is 0 Å². The van der Waals surface area contributed by atoms with E-state index in [4.69, 9.17) is 9.72 Å². The molecule has 0 spiro atoms. The number of rotatable bonds is 8. The Balaban J connectivity index is 1.06. The van der Waals surface area contributed by atoms with Gasteiger partial charge in [0.15, 0.2) is 5.13 Å². The van der Waals surface area contributed by atoms with Gasteiger partial charge in [0, 0.05) is 53.4 Å². The molecular weight excluding hydrogens is 551 g/mol. The van der Waals surface area contributed by atoms with Crippen molar-refractivity contribution in [1.82, 2.24) is 24.3 Å². The molecule has 0 bridgehead atoms. The Hall–Kier alpha value is -3.99. The van der Waals surface area contributed by atoms with Crippen LogP contribution in [0.15, 0.2) is 67.1 Å². The van der Waals surface area contributed by atoms with Crippen LogP contribution < -0.4 is 5.32 Å². The molecule has 0 atom stereocenters. The lowest BCUT2D eigenvalue weighted by Crippen LogP contribution is -2.36. The van der Waals surface area contributed by atoms with Crippen molar-refractivity contribution in [3.63, 3.8) is 0 Å². The second-order valence-electron chi connectivity index (χ2n) is 11.3. The van der Waals surface area contributed by atoms with E-state index in [9.17, 15) is 4.79 Å². The van der Waals surface area contributed by atoms with Crippen LogP contribution in [-0.2, 0) is 27.9 Å². The van der Waals surface area contributed by atoms with Crippen molar-refractivity contribution in [2.45, 2.75) is 38.1 Å². The summed E-state index contributed by atoms with van der Waals surface area (Å²) in [6.45, 7) is 6.24. The van der Waals surface area contributed by atoms with Crippen molar-refractivity contribution < 1.29 is 13.9 Å². The number of carbonyl (C=O) groups excluding carboxylic acids is 1. The second-order valence-corrected chi connectivity index (χ2v) is 12.3. The van der Waals surface area contributed by atoms with Crippen molar-refractivity contribution in [3.05, 3.63) is 89.1 Å². The molecule has 7 rings (SSSR count). The fraction of sp³-hybridized carbons (Fsp3) is 0.312. The zero-order valence-corrected chi connectivity index (χ0v) is 24.2. The Kier molecular flexibility index (Phi) is 7.05. The van der Waals surface area contributed by atoms with Gasteiger partial charge in [-0.25, -0.2) is 14.4 Å². The van der Waals surface area contributed by atoms with E-state index in [-0.39, 0.29) is 17.7 Å². The summed E-state index contributed by atoms with van der Waals surface area (Å²) in [5.41, 5.74) is 5.53. The third kappa shape index (κ3) is 5.45. The molecule has 1 aromatic carbocycles. The van der Waals surface area contributed by atoms with Gasteiger partial charge in [-0.05, 0) is 48.7 Å². The zero-order chi connectivity index (χ0) is 28.7. The van der Waals surface area contributed by atoms with Crippen LogP contribution in [0, 0.1) is 5.82 Å². The van der Waals surface area contributed by atoms with Crippen molar-refractivity contribution >= 4 is 28.0 Å². The van der Waals surface area contributed by atoms with Crippen molar-refractivity contribution in [1.29, 1.82) is 0 Å². The summed E-state index contributed by atoms with van der Waals surface area (Å²) in [6.07, 6.45) is 7.60. The summed E-state index contributed by atoms with van der Waals surface area (Å²) in [7, 11) is 0. The van der Waals surface area contributed by atoms with Crippen LogP contribution >= 0.6 is 11.3 Å². The molecule has 42 heavy (non-hydrogen) atoms. The lowest BCUT2D eigenvalue weighted by molar-refractivity contribution is -0.115. The fourth-order valence-corrected chi connectivity index (χ4v) is 6.64. The van der Waals surface area contributed by atoms with Gasteiger partial charge >= 0.3 is 0 Å². The molecule has 1 aliphatic heterocycles. The molecule has 10 heteroatoms. The maximum Gasteiger partial charge on any atom is 0.230 e. The summed E-state index contributed by atoms with van der Waals surface area (Å²) in [6, 6.07) is 14.7. The van der Waals surface area contributed by atoms with Gasteiger partial charge in [0.05, 0.1) is 42.9 Å². The second kappa shape index (κ2) is 11.0. The number of pyridine rings is 2. The molecule has 1 amide bonds. The summed E-state index contributed by atoms with van der Waals surface area (Å²) in [5.74, 6) is -0.710. The number of hydrogen-bond acceptors (Lipinski definition) is 7. The first-order valence-electron chi connectivity index (χ1n) is 14.2. The number of amides is 1. The molecule has 1 aliphatic carbocycles. The highest BCUT2D eigenvalue weighted by atomic mass is 32.1. The number of carbonyl (C=O) groups is 1. The van der Waals surface area contributed by atoms with Crippen LogP contribution in [0.5, 0.6) is 0 Å². The quantitative estimate of drug-likeness (QED) is 0.252. The smallest absolute Gasteiger partial charge is 0.230 e. The summed E-state index contributed by atoms with van der Waals surface area (Å²) < 4.78 is 22.7. The zero-order valence-electron chi connectivity index (χ0n) is 23.3. The van der Waals surface area contributed by atoms with Gasteiger partial charge in [0.2, 0.25) is 5.91 Å². The highest BCUT2D eigenvalue weighted by Crippen LogP contribution is 2.52. The third-order valence-electron chi connectivity index (χ3n) is 8.14. The largest absolute Gasteiger partial charge is 0.379 e. The van der Waals surface area contributed by atoms with Gasteiger partial charge in [-0.2, -0.15) is 0 Å². The van der Waals surface area contributed by atoms with Crippen molar-refractivity contribution in [2.24, 2.45) is 0 Å². The average molecular weight is 583 g/mol. The van der Waals surface area contributed by atoms with Gasteiger partial charge in [-0.1, -0.05) is 25.1 Å². The summed E-state index contributed by atoms with van der Waals surface area (Å²) in [4.78, 5) is 30.3. The van der Waals surface area contributed by atoms with Gasteiger partial charge in [-0.3, -0.25) is 19.1 Å². The minimum absolute atomic E-state index is 0.0717. The molecule has 1 saturated carbocycles. The molecule has 214 valence electrons. The monoisotopic (exact) mass is 582 g/mol. The van der Waals surface area contributed by atoms with Crippen molar-refractivity contribution in [2.75, 3.05) is 31.6 Å². The van der Waals surface area contributed by atoms with E-state index >= 15 is 4.39 Å². The summed E-state index contributed by atoms with van der Waals surface area (Å²) >= 11 is 1.55. The van der Waals surface area contributed by atoms with Crippen LogP contribution in [0.25, 0.3) is 28.2 Å². The molecule has 5 aromatic rings. The molecule has 2 fully saturated rings. The van der Waals surface area contributed by atoms with Crippen molar-refractivity contribution in [3.8, 4) is 22.5 Å². The minimum Gasteiger partial charge on any atom is -0.379 e. The topological polar surface area (TPSA) is 84.7 Å². The average Bonchev–Trinajstić information content (AvgIpc) is 3.41. The number of benzene rings is 1. The van der Waals surface area contributed by atoms with Crippen LogP contribution in [0.4, 0.5) is 9.52 Å². The van der Waals surface area contributed by atoms with Gasteiger partial charge in [0.1, 0.15) is 11.5 Å². The van der Waals surface area contributed by atoms with E-state index in [2.05, 4.69) is 27.1 Å². The first-order chi connectivity index (χ1) is 20.4. The molecular formula is C32H31FN6O2S. The maximum atomic E-state index is 15.3.